The van der Waals surface area contributed by atoms with Crippen LogP contribution < -0.4 is 4.74 Å². The van der Waals surface area contributed by atoms with Crippen LogP contribution in [0.4, 0.5) is 0 Å². The van der Waals surface area contributed by atoms with Gasteiger partial charge in [-0.3, -0.25) is 4.79 Å². The summed E-state index contributed by atoms with van der Waals surface area (Å²) < 4.78 is 20.8. The highest BCUT2D eigenvalue weighted by atomic mass is 31.1. The second kappa shape index (κ2) is 6.94. The van der Waals surface area contributed by atoms with E-state index in [-0.39, 0.29) is 0 Å². The SMILES string of the molecule is COc1cccc(-c2ccccc2C(C=O)O[PH+]=O)c1. The number of carbonyl (C=O) groups is 1. The number of rotatable bonds is 6. The zero-order chi connectivity index (χ0) is 14.4. The topological polar surface area (TPSA) is 52.6 Å². The highest BCUT2D eigenvalue weighted by Crippen LogP contribution is 2.32. The first-order valence-corrected chi connectivity index (χ1v) is 6.83. The molecule has 0 amide bonds. The lowest BCUT2D eigenvalue weighted by molar-refractivity contribution is -0.113. The molecule has 0 aliphatic carbocycles. The van der Waals surface area contributed by atoms with Crippen molar-refractivity contribution in [1.29, 1.82) is 0 Å². The minimum atomic E-state index is -0.984. The number of ether oxygens (including phenoxy) is 1. The predicted molar refractivity (Wildman–Crippen MR) is 77.3 cm³/mol. The molecule has 2 aromatic rings. The van der Waals surface area contributed by atoms with Crippen LogP contribution >= 0.6 is 8.69 Å². The standard InChI is InChI=1S/C15H14O4P/c1-18-12-6-4-5-11(9-12)13-7-2-3-8-14(13)15(10-16)19-20-17/h2-10,15,20H,1H3/q+1. The summed E-state index contributed by atoms with van der Waals surface area (Å²) in [6.45, 7) is 0. The smallest absolute Gasteiger partial charge is 0.495 e. The van der Waals surface area contributed by atoms with Gasteiger partial charge in [-0.2, -0.15) is 0 Å². The van der Waals surface area contributed by atoms with Gasteiger partial charge >= 0.3 is 8.69 Å². The molecule has 0 fully saturated rings. The van der Waals surface area contributed by atoms with Crippen molar-refractivity contribution in [3.8, 4) is 16.9 Å². The van der Waals surface area contributed by atoms with Crippen LogP contribution in [-0.2, 0) is 13.9 Å². The lowest BCUT2D eigenvalue weighted by atomic mass is 9.96. The van der Waals surface area contributed by atoms with Crippen LogP contribution in [-0.4, -0.2) is 13.4 Å². The maximum atomic E-state index is 11.1. The fraction of sp³-hybridized carbons (Fsp3) is 0.133. The molecule has 0 spiro atoms. The normalized spacial score (nSPS) is 12.1. The van der Waals surface area contributed by atoms with Crippen molar-refractivity contribution in [1.82, 2.24) is 0 Å². The van der Waals surface area contributed by atoms with Crippen LogP contribution in [0.1, 0.15) is 11.7 Å². The zero-order valence-electron chi connectivity index (χ0n) is 10.9. The van der Waals surface area contributed by atoms with E-state index in [4.69, 9.17) is 9.26 Å². The van der Waals surface area contributed by atoms with Gasteiger partial charge in [-0.05, 0) is 27.8 Å². The molecule has 0 bridgehead atoms. The summed E-state index contributed by atoms with van der Waals surface area (Å²) in [5.41, 5.74) is 2.44. The van der Waals surface area contributed by atoms with Crippen molar-refractivity contribution in [2.75, 3.05) is 7.11 Å². The molecular weight excluding hydrogens is 275 g/mol. The van der Waals surface area contributed by atoms with Crippen LogP contribution in [0.2, 0.25) is 0 Å². The highest BCUT2D eigenvalue weighted by Gasteiger charge is 2.19. The minimum Gasteiger partial charge on any atom is -0.497 e. The molecule has 20 heavy (non-hydrogen) atoms. The van der Waals surface area contributed by atoms with Crippen molar-refractivity contribution >= 4 is 15.0 Å². The predicted octanol–water partition coefficient (Wildman–Crippen LogP) is 3.56. The molecule has 0 N–H and O–H groups in total. The van der Waals surface area contributed by atoms with E-state index in [9.17, 15) is 9.36 Å². The van der Waals surface area contributed by atoms with E-state index in [0.29, 0.717) is 11.8 Å². The Morgan fingerprint density at radius 1 is 1.15 bits per heavy atom. The van der Waals surface area contributed by atoms with E-state index in [1.54, 1.807) is 13.2 Å². The summed E-state index contributed by atoms with van der Waals surface area (Å²) in [7, 11) is 0.614. The Kier molecular flexibility index (Phi) is 4.99. The molecule has 0 aromatic heterocycles. The molecule has 2 aromatic carbocycles. The fourth-order valence-electron chi connectivity index (χ4n) is 2.02. The Morgan fingerprint density at radius 2 is 1.95 bits per heavy atom. The Morgan fingerprint density at radius 3 is 2.65 bits per heavy atom. The molecule has 4 nitrogen and oxygen atoms in total. The summed E-state index contributed by atoms with van der Waals surface area (Å²) >= 11 is 0. The molecule has 0 aliphatic heterocycles. The lowest BCUT2D eigenvalue weighted by Gasteiger charge is -2.12. The van der Waals surface area contributed by atoms with Crippen LogP contribution in [0.5, 0.6) is 5.75 Å². The van der Waals surface area contributed by atoms with Gasteiger partial charge in [0.15, 0.2) is 12.4 Å². The van der Waals surface area contributed by atoms with Crippen molar-refractivity contribution in [2.45, 2.75) is 6.10 Å². The van der Waals surface area contributed by atoms with Gasteiger partial charge in [-0.1, -0.05) is 36.4 Å². The van der Waals surface area contributed by atoms with Gasteiger partial charge in [0, 0.05) is 5.56 Å². The molecule has 102 valence electrons. The first-order valence-electron chi connectivity index (χ1n) is 6.01. The summed E-state index contributed by atoms with van der Waals surface area (Å²) in [5.74, 6) is 0.728. The van der Waals surface area contributed by atoms with E-state index < -0.39 is 14.8 Å². The third kappa shape index (κ3) is 3.10. The first-order chi connectivity index (χ1) is 9.80. The number of hydrogen-bond acceptors (Lipinski definition) is 4. The molecule has 2 unspecified atom stereocenters. The first kappa shape index (κ1) is 14.4. The van der Waals surface area contributed by atoms with Crippen molar-refractivity contribution < 1.29 is 18.6 Å². The number of hydrogen-bond donors (Lipinski definition) is 0. The number of benzene rings is 2. The summed E-state index contributed by atoms with van der Waals surface area (Å²) in [6.07, 6.45) is -0.197. The van der Waals surface area contributed by atoms with Crippen LogP contribution in [0.15, 0.2) is 48.5 Å². The third-order valence-corrected chi connectivity index (χ3v) is 3.30. The second-order valence-corrected chi connectivity index (χ2v) is 4.48. The van der Waals surface area contributed by atoms with Gasteiger partial charge in [0.1, 0.15) is 5.75 Å². The van der Waals surface area contributed by atoms with Gasteiger partial charge in [0.05, 0.1) is 7.11 Å². The van der Waals surface area contributed by atoms with E-state index in [0.717, 1.165) is 16.9 Å². The number of methoxy groups -OCH3 is 1. The van der Waals surface area contributed by atoms with Gasteiger partial charge < -0.3 is 4.74 Å². The second-order valence-electron chi connectivity index (χ2n) is 4.08. The lowest BCUT2D eigenvalue weighted by Crippen LogP contribution is -2.02. The fourth-order valence-corrected chi connectivity index (χ4v) is 2.30. The number of carbonyl (C=O) groups excluding carboxylic acids is 1. The largest absolute Gasteiger partial charge is 0.497 e. The molecule has 5 heteroatoms. The van der Waals surface area contributed by atoms with Crippen molar-refractivity contribution in [2.24, 2.45) is 0 Å². The van der Waals surface area contributed by atoms with Gasteiger partial charge in [0.25, 0.3) is 0 Å². The number of aldehydes is 1. The Labute approximate surface area is 118 Å². The van der Waals surface area contributed by atoms with Crippen LogP contribution in [0, 0.1) is 0 Å². The zero-order valence-corrected chi connectivity index (χ0v) is 11.9. The highest BCUT2D eigenvalue weighted by molar-refractivity contribution is 7.17. The summed E-state index contributed by atoms with van der Waals surface area (Å²) in [6, 6.07) is 14.9. The third-order valence-electron chi connectivity index (χ3n) is 2.95. The Balaban J connectivity index is 2.50. The van der Waals surface area contributed by atoms with Crippen LogP contribution in [0.3, 0.4) is 0 Å². The average molecular weight is 289 g/mol. The molecule has 2 rings (SSSR count). The Hall–Kier alpha value is -2.03. The molecule has 0 radical (unpaired) electrons. The van der Waals surface area contributed by atoms with E-state index in [2.05, 4.69) is 0 Å². The molecule has 0 saturated heterocycles. The Bertz CT molecular complexity index is 612. The van der Waals surface area contributed by atoms with Crippen molar-refractivity contribution in [3.05, 3.63) is 54.1 Å². The van der Waals surface area contributed by atoms with Crippen LogP contribution in [0.25, 0.3) is 11.1 Å². The van der Waals surface area contributed by atoms with Gasteiger partial charge in [-0.15, -0.1) is 4.52 Å². The summed E-state index contributed by atoms with van der Waals surface area (Å²) in [4.78, 5) is 11.1. The molecule has 0 saturated carbocycles. The van der Waals surface area contributed by atoms with Gasteiger partial charge in [0.2, 0.25) is 0 Å². The van der Waals surface area contributed by atoms with E-state index >= 15 is 0 Å². The van der Waals surface area contributed by atoms with E-state index in [1.165, 1.54) is 0 Å². The molecule has 0 aliphatic rings. The maximum Gasteiger partial charge on any atom is 0.495 e. The minimum absolute atomic E-state index is 0.643. The van der Waals surface area contributed by atoms with E-state index in [1.807, 2.05) is 42.5 Å². The summed E-state index contributed by atoms with van der Waals surface area (Å²) in [5, 5.41) is 0. The molecular formula is C15H14O4P+. The average Bonchev–Trinajstić information content (AvgIpc) is 2.52. The molecule has 2 atom stereocenters. The monoisotopic (exact) mass is 289 g/mol. The maximum absolute atomic E-state index is 11.1. The quantitative estimate of drug-likeness (QED) is 0.602. The molecule has 0 heterocycles. The van der Waals surface area contributed by atoms with Crippen molar-refractivity contribution in [3.63, 3.8) is 0 Å². The van der Waals surface area contributed by atoms with Gasteiger partial charge in [-0.25, -0.2) is 0 Å².